The second-order valence-electron chi connectivity index (χ2n) is 9.33. The van der Waals surface area contributed by atoms with Crippen molar-refractivity contribution in [3.8, 4) is 0 Å². The van der Waals surface area contributed by atoms with E-state index in [0.29, 0.717) is 28.6 Å². The average molecular weight is 512 g/mol. The van der Waals surface area contributed by atoms with Crippen molar-refractivity contribution < 1.29 is 19.0 Å². The molecule has 3 aromatic rings. The molecule has 0 bridgehead atoms. The van der Waals surface area contributed by atoms with Gasteiger partial charge in [-0.1, -0.05) is 55.8 Å². The normalized spacial score (nSPS) is 14.4. The molecule has 0 saturated carbocycles. The molecule has 2 heterocycles. The first-order chi connectivity index (χ1) is 17.3. The number of hydrogen-bond acceptors (Lipinski definition) is 5. The van der Waals surface area contributed by atoms with Crippen molar-refractivity contribution in [1.29, 1.82) is 0 Å². The van der Waals surface area contributed by atoms with Gasteiger partial charge >= 0.3 is 5.97 Å². The molecule has 1 fully saturated rings. The summed E-state index contributed by atoms with van der Waals surface area (Å²) in [6.45, 7) is 8.39. The quantitative estimate of drug-likeness (QED) is 0.395. The summed E-state index contributed by atoms with van der Waals surface area (Å²) >= 11 is 6.05. The molecule has 0 unspecified atom stereocenters. The van der Waals surface area contributed by atoms with Crippen molar-refractivity contribution in [2.45, 2.75) is 39.5 Å². The van der Waals surface area contributed by atoms with Crippen molar-refractivity contribution in [2.75, 3.05) is 31.1 Å². The van der Waals surface area contributed by atoms with Crippen LogP contribution in [0.25, 0.3) is 0 Å². The van der Waals surface area contributed by atoms with Gasteiger partial charge in [0.1, 0.15) is 17.2 Å². The van der Waals surface area contributed by atoms with Crippen LogP contribution in [0.2, 0.25) is 5.02 Å². The number of benzene rings is 2. The summed E-state index contributed by atoms with van der Waals surface area (Å²) in [6, 6.07) is 14.6. The van der Waals surface area contributed by atoms with E-state index in [1.54, 1.807) is 24.4 Å². The minimum Gasteiger partial charge on any atom is -0.478 e. The van der Waals surface area contributed by atoms with Crippen LogP contribution in [0.3, 0.4) is 0 Å². The van der Waals surface area contributed by atoms with Crippen molar-refractivity contribution in [2.24, 2.45) is 0 Å². The molecule has 1 aliphatic rings. The number of anilines is 1. The molecule has 1 saturated heterocycles. The molecule has 1 aromatic heterocycles. The number of piperazine rings is 1. The first kappa shape index (κ1) is 26.1. The minimum absolute atomic E-state index is 0.116. The lowest BCUT2D eigenvalue weighted by Gasteiger charge is -2.36. The summed E-state index contributed by atoms with van der Waals surface area (Å²) in [4.78, 5) is 20.8. The Morgan fingerprint density at radius 2 is 1.75 bits per heavy atom. The molecule has 0 aliphatic carbocycles. The molecule has 6 nitrogen and oxygen atoms in total. The molecule has 0 spiro atoms. The van der Waals surface area contributed by atoms with Gasteiger partial charge in [0.25, 0.3) is 0 Å². The van der Waals surface area contributed by atoms with Crippen LogP contribution in [-0.2, 0) is 24.5 Å². The molecular formula is C28H31ClFN3O3. The van der Waals surface area contributed by atoms with Crippen LogP contribution >= 0.6 is 11.6 Å². The molecule has 190 valence electrons. The predicted octanol–water partition coefficient (Wildman–Crippen LogP) is 5.73. The lowest BCUT2D eigenvalue weighted by molar-refractivity contribution is 0.0695. The van der Waals surface area contributed by atoms with E-state index in [2.05, 4.69) is 26.9 Å². The molecule has 4 rings (SSSR count). The van der Waals surface area contributed by atoms with Crippen LogP contribution in [0.15, 0.2) is 54.7 Å². The van der Waals surface area contributed by atoms with Gasteiger partial charge in [0.2, 0.25) is 0 Å². The van der Waals surface area contributed by atoms with E-state index in [1.165, 1.54) is 11.6 Å². The minimum atomic E-state index is -0.926. The first-order valence-electron chi connectivity index (χ1n) is 12.1. The van der Waals surface area contributed by atoms with Crippen LogP contribution in [-0.4, -0.2) is 47.1 Å². The number of aromatic carboxylic acids is 1. The molecule has 0 amide bonds. The number of rotatable bonds is 9. The Labute approximate surface area is 216 Å². The summed E-state index contributed by atoms with van der Waals surface area (Å²) in [5, 5.41) is 10.2. The van der Waals surface area contributed by atoms with Gasteiger partial charge in [0, 0.05) is 49.5 Å². The van der Waals surface area contributed by atoms with Gasteiger partial charge in [0.05, 0.1) is 13.2 Å². The Kier molecular flexibility index (Phi) is 8.56. The Bertz CT molecular complexity index is 1170. The third-order valence-corrected chi connectivity index (χ3v) is 6.83. The zero-order chi connectivity index (χ0) is 25.7. The standard InChI is InChI=1S/C28H31ClFN3O3/c1-19(2)22-10-11-31-27(26(22)28(34)35)33-14-12-32(13-15-33)16-20-6-8-21(9-7-20)17-36-18-23-24(29)4-3-5-25(23)30/h3-11,19H,12-18H2,1-2H3,(H,34,35). The van der Waals surface area contributed by atoms with Crippen LogP contribution in [0.5, 0.6) is 0 Å². The number of ether oxygens (including phenoxy) is 1. The molecule has 1 aliphatic heterocycles. The summed E-state index contributed by atoms with van der Waals surface area (Å²) in [7, 11) is 0. The lowest BCUT2D eigenvalue weighted by Crippen LogP contribution is -2.46. The van der Waals surface area contributed by atoms with Gasteiger partial charge in [0.15, 0.2) is 0 Å². The number of hydrogen-bond donors (Lipinski definition) is 1. The van der Waals surface area contributed by atoms with Gasteiger partial charge < -0.3 is 14.7 Å². The Hall–Kier alpha value is -3.00. The summed E-state index contributed by atoms with van der Waals surface area (Å²) in [5.74, 6) is -0.606. The monoisotopic (exact) mass is 511 g/mol. The van der Waals surface area contributed by atoms with E-state index in [9.17, 15) is 14.3 Å². The number of carboxylic acids is 1. The molecule has 0 atom stereocenters. The average Bonchev–Trinajstić information content (AvgIpc) is 2.86. The Balaban J connectivity index is 1.29. The van der Waals surface area contributed by atoms with Crippen LogP contribution < -0.4 is 4.90 Å². The second-order valence-corrected chi connectivity index (χ2v) is 9.74. The molecule has 0 radical (unpaired) electrons. The molecule has 36 heavy (non-hydrogen) atoms. The maximum Gasteiger partial charge on any atom is 0.339 e. The highest BCUT2D eigenvalue weighted by atomic mass is 35.5. The highest BCUT2D eigenvalue weighted by Crippen LogP contribution is 2.28. The van der Waals surface area contributed by atoms with E-state index in [4.69, 9.17) is 16.3 Å². The third-order valence-electron chi connectivity index (χ3n) is 6.48. The van der Waals surface area contributed by atoms with Gasteiger partial charge in [-0.05, 0) is 40.8 Å². The second kappa shape index (κ2) is 11.8. The van der Waals surface area contributed by atoms with Crippen LogP contribution in [0.4, 0.5) is 10.2 Å². The van der Waals surface area contributed by atoms with Crippen LogP contribution in [0.1, 0.15) is 52.4 Å². The van der Waals surface area contributed by atoms with E-state index < -0.39 is 5.97 Å². The van der Waals surface area contributed by atoms with Gasteiger partial charge in [-0.3, -0.25) is 4.90 Å². The molecule has 2 aromatic carbocycles. The first-order valence-corrected chi connectivity index (χ1v) is 12.5. The number of carbonyl (C=O) groups is 1. The van der Waals surface area contributed by atoms with Crippen molar-refractivity contribution in [3.63, 3.8) is 0 Å². The fraction of sp³-hybridized carbons (Fsp3) is 0.357. The fourth-order valence-electron chi connectivity index (χ4n) is 4.46. The molecule has 8 heteroatoms. The summed E-state index contributed by atoms with van der Waals surface area (Å²) in [5.41, 5.74) is 3.70. The topological polar surface area (TPSA) is 65.9 Å². The fourth-order valence-corrected chi connectivity index (χ4v) is 4.68. The van der Waals surface area contributed by atoms with Crippen molar-refractivity contribution in [1.82, 2.24) is 9.88 Å². The zero-order valence-electron chi connectivity index (χ0n) is 20.6. The Morgan fingerprint density at radius 1 is 1.06 bits per heavy atom. The number of nitrogens with zero attached hydrogens (tertiary/aromatic N) is 3. The number of aromatic nitrogens is 1. The summed E-state index contributed by atoms with van der Waals surface area (Å²) in [6.07, 6.45) is 1.71. The zero-order valence-corrected chi connectivity index (χ0v) is 21.3. The highest BCUT2D eigenvalue weighted by molar-refractivity contribution is 6.31. The number of pyridine rings is 1. The van der Waals surface area contributed by atoms with E-state index in [0.717, 1.165) is 43.9 Å². The van der Waals surface area contributed by atoms with Gasteiger partial charge in [-0.15, -0.1) is 0 Å². The lowest BCUT2D eigenvalue weighted by atomic mass is 9.98. The number of halogens is 2. The maximum atomic E-state index is 13.9. The van der Waals surface area contributed by atoms with Crippen LogP contribution in [0, 0.1) is 5.82 Å². The maximum absolute atomic E-state index is 13.9. The molecular weight excluding hydrogens is 481 g/mol. The smallest absolute Gasteiger partial charge is 0.339 e. The van der Waals surface area contributed by atoms with E-state index in [1.807, 2.05) is 26.0 Å². The Morgan fingerprint density at radius 3 is 2.39 bits per heavy atom. The predicted molar refractivity (Wildman–Crippen MR) is 139 cm³/mol. The van der Waals surface area contributed by atoms with Gasteiger partial charge in [-0.25, -0.2) is 14.2 Å². The number of carboxylic acid groups (broad SMARTS) is 1. The van der Waals surface area contributed by atoms with Crippen molar-refractivity contribution in [3.05, 3.63) is 93.4 Å². The largest absolute Gasteiger partial charge is 0.478 e. The highest BCUT2D eigenvalue weighted by Gasteiger charge is 2.25. The molecule has 1 N–H and O–H groups in total. The van der Waals surface area contributed by atoms with Gasteiger partial charge in [-0.2, -0.15) is 0 Å². The third kappa shape index (κ3) is 6.22. The van der Waals surface area contributed by atoms with E-state index in [-0.39, 0.29) is 18.3 Å². The van der Waals surface area contributed by atoms with E-state index >= 15 is 0 Å². The SMILES string of the molecule is CC(C)c1ccnc(N2CCN(Cc3ccc(COCc4c(F)cccc4Cl)cc3)CC2)c1C(=O)O. The summed E-state index contributed by atoms with van der Waals surface area (Å²) < 4.78 is 19.5. The van der Waals surface area contributed by atoms with Crippen molar-refractivity contribution >= 4 is 23.4 Å².